The number of nitrogens with one attached hydrogen (secondary N) is 1. The van der Waals surface area contributed by atoms with E-state index < -0.39 is 0 Å². The van der Waals surface area contributed by atoms with E-state index in [4.69, 9.17) is 5.11 Å². The lowest BCUT2D eigenvalue weighted by Crippen LogP contribution is -2.02. The molecule has 0 aliphatic rings. The molecule has 0 amide bonds. The highest BCUT2D eigenvalue weighted by Crippen LogP contribution is 2.13. The third kappa shape index (κ3) is 1.91. The van der Waals surface area contributed by atoms with Gasteiger partial charge in [0.2, 0.25) is 0 Å². The molecule has 0 aromatic carbocycles. The molecule has 2 N–H and O–H groups in total. The summed E-state index contributed by atoms with van der Waals surface area (Å²) in [6.45, 7) is 0.0441. The third-order valence-electron chi connectivity index (χ3n) is 1.63. The summed E-state index contributed by atoms with van der Waals surface area (Å²) < 4.78 is 0. The summed E-state index contributed by atoms with van der Waals surface area (Å²) in [5.41, 5.74) is 0.869. The number of aromatic nitrogens is 1. The summed E-state index contributed by atoms with van der Waals surface area (Å²) in [4.78, 5) is 13.4. The van der Waals surface area contributed by atoms with Crippen LogP contribution in [0.25, 0.3) is 0 Å². The van der Waals surface area contributed by atoms with Crippen molar-refractivity contribution < 1.29 is 9.90 Å². The lowest BCUT2D eigenvalue weighted by molar-refractivity contribution is -0.109. The van der Waals surface area contributed by atoms with Crippen LogP contribution in [0.2, 0.25) is 0 Å². The van der Waals surface area contributed by atoms with Gasteiger partial charge in [-0.1, -0.05) is 0 Å². The second-order valence-corrected chi connectivity index (χ2v) is 2.38. The number of aldehydes is 1. The van der Waals surface area contributed by atoms with Crippen LogP contribution in [0.3, 0.4) is 0 Å². The molecular formula is C8H11NO2. The number of carbonyl (C=O) groups excluding carboxylic acids is 1. The molecule has 0 aliphatic carbocycles. The van der Waals surface area contributed by atoms with Gasteiger partial charge in [0.05, 0.1) is 5.92 Å². The molecule has 0 bridgehead atoms. The van der Waals surface area contributed by atoms with Crippen LogP contribution in [-0.4, -0.2) is 23.0 Å². The first-order chi connectivity index (χ1) is 5.38. The molecule has 1 heterocycles. The van der Waals surface area contributed by atoms with Gasteiger partial charge < -0.3 is 14.9 Å². The van der Waals surface area contributed by atoms with Crippen LogP contribution < -0.4 is 0 Å². The Hall–Kier alpha value is -1.09. The molecule has 3 heteroatoms. The summed E-state index contributed by atoms with van der Waals surface area (Å²) in [5.74, 6) is -0.185. The van der Waals surface area contributed by atoms with Crippen molar-refractivity contribution in [2.45, 2.75) is 12.3 Å². The standard InChI is InChI=1S/C8H11NO2/c10-5-3-7(6-11)8-2-1-4-9-8/h1-2,4,6-7,9-10H,3,5H2. The van der Waals surface area contributed by atoms with E-state index in [0.717, 1.165) is 12.0 Å². The first-order valence-electron chi connectivity index (χ1n) is 3.58. The maximum Gasteiger partial charge on any atom is 0.129 e. The van der Waals surface area contributed by atoms with E-state index >= 15 is 0 Å². The van der Waals surface area contributed by atoms with Gasteiger partial charge in [-0.3, -0.25) is 0 Å². The molecule has 0 spiro atoms. The van der Waals surface area contributed by atoms with Gasteiger partial charge in [-0.25, -0.2) is 0 Å². The topological polar surface area (TPSA) is 53.1 Å². The number of aliphatic hydroxyl groups excluding tert-OH is 1. The van der Waals surface area contributed by atoms with E-state index in [-0.39, 0.29) is 12.5 Å². The molecule has 0 saturated heterocycles. The van der Waals surface area contributed by atoms with Crippen molar-refractivity contribution in [1.82, 2.24) is 4.98 Å². The average molecular weight is 153 g/mol. The smallest absolute Gasteiger partial charge is 0.129 e. The fraction of sp³-hybridized carbons (Fsp3) is 0.375. The largest absolute Gasteiger partial charge is 0.396 e. The number of rotatable bonds is 4. The molecule has 1 unspecified atom stereocenters. The number of aliphatic hydroxyl groups is 1. The Balaban J connectivity index is 2.63. The van der Waals surface area contributed by atoms with Gasteiger partial charge in [0.1, 0.15) is 6.29 Å². The van der Waals surface area contributed by atoms with Gasteiger partial charge in [0, 0.05) is 18.5 Å². The highest BCUT2D eigenvalue weighted by Gasteiger charge is 2.08. The zero-order valence-electron chi connectivity index (χ0n) is 6.16. The van der Waals surface area contributed by atoms with Crippen LogP contribution in [0.4, 0.5) is 0 Å². The van der Waals surface area contributed by atoms with Gasteiger partial charge in [-0.15, -0.1) is 0 Å². The Morgan fingerprint density at radius 3 is 3.00 bits per heavy atom. The van der Waals surface area contributed by atoms with Crippen molar-refractivity contribution in [2.24, 2.45) is 0 Å². The Bertz CT molecular complexity index is 206. The van der Waals surface area contributed by atoms with Gasteiger partial charge in [-0.2, -0.15) is 0 Å². The number of hydrogen-bond donors (Lipinski definition) is 2. The SMILES string of the molecule is O=CC(CCO)c1ccc[nH]1. The minimum atomic E-state index is -0.185. The summed E-state index contributed by atoms with van der Waals surface area (Å²) in [6.07, 6.45) is 3.11. The summed E-state index contributed by atoms with van der Waals surface area (Å²) in [7, 11) is 0. The second-order valence-electron chi connectivity index (χ2n) is 2.38. The molecule has 0 fully saturated rings. The number of H-pyrrole nitrogens is 1. The van der Waals surface area contributed by atoms with Crippen molar-refractivity contribution in [2.75, 3.05) is 6.61 Å². The number of carbonyl (C=O) groups is 1. The molecule has 60 valence electrons. The van der Waals surface area contributed by atoms with Crippen LogP contribution in [0, 0.1) is 0 Å². The summed E-state index contributed by atoms with van der Waals surface area (Å²) in [5, 5.41) is 8.59. The third-order valence-corrected chi connectivity index (χ3v) is 1.63. The predicted octanol–water partition coefficient (Wildman–Crippen LogP) is 0.680. The zero-order chi connectivity index (χ0) is 8.10. The van der Waals surface area contributed by atoms with E-state index in [1.54, 1.807) is 6.20 Å². The molecule has 3 nitrogen and oxygen atoms in total. The fourth-order valence-corrected chi connectivity index (χ4v) is 1.01. The van der Waals surface area contributed by atoms with Crippen molar-refractivity contribution in [3.63, 3.8) is 0 Å². The zero-order valence-corrected chi connectivity index (χ0v) is 6.16. The molecular weight excluding hydrogens is 142 g/mol. The second kappa shape index (κ2) is 3.93. The molecule has 0 radical (unpaired) electrons. The molecule has 11 heavy (non-hydrogen) atoms. The van der Waals surface area contributed by atoms with Gasteiger partial charge in [0.25, 0.3) is 0 Å². The van der Waals surface area contributed by atoms with Crippen LogP contribution in [0.15, 0.2) is 18.3 Å². The highest BCUT2D eigenvalue weighted by atomic mass is 16.3. The van der Waals surface area contributed by atoms with Crippen molar-refractivity contribution in [1.29, 1.82) is 0 Å². The van der Waals surface area contributed by atoms with Crippen molar-refractivity contribution >= 4 is 6.29 Å². The van der Waals surface area contributed by atoms with Crippen LogP contribution >= 0.6 is 0 Å². The predicted molar refractivity (Wildman–Crippen MR) is 41.3 cm³/mol. The first-order valence-corrected chi connectivity index (χ1v) is 3.58. The van der Waals surface area contributed by atoms with E-state index in [1.807, 2.05) is 12.1 Å². The molecule has 1 atom stereocenters. The minimum absolute atomic E-state index is 0.0441. The van der Waals surface area contributed by atoms with Crippen molar-refractivity contribution in [3.8, 4) is 0 Å². The van der Waals surface area contributed by atoms with E-state index in [9.17, 15) is 4.79 Å². The van der Waals surface area contributed by atoms with Gasteiger partial charge >= 0.3 is 0 Å². The summed E-state index contributed by atoms with van der Waals surface area (Å²) in [6, 6.07) is 3.68. The fourth-order valence-electron chi connectivity index (χ4n) is 1.01. The maximum absolute atomic E-state index is 10.5. The Morgan fingerprint density at radius 2 is 2.55 bits per heavy atom. The van der Waals surface area contributed by atoms with Gasteiger partial charge in [0.15, 0.2) is 0 Å². The lowest BCUT2D eigenvalue weighted by Gasteiger charge is -2.04. The maximum atomic E-state index is 10.5. The average Bonchev–Trinajstić information content (AvgIpc) is 2.52. The Kier molecular flexibility index (Phi) is 2.86. The Labute approximate surface area is 65.1 Å². The monoisotopic (exact) mass is 153 g/mol. The van der Waals surface area contributed by atoms with E-state index in [2.05, 4.69) is 4.98 Å². The van der Waals surface area contributed by atoms with Crippen LogP contribution in [-0.2, 0) is 4.79 Å². The molecule has 0 saturated carbocycles. The van der Waals surface area contributed by atoms with Gasteiger partial charge in [-0.05, 0) is 18.6 Å². The van der Waals surface area contributed by atoms with Crippen LogP contribution in [0.5, 0.6) is 0 Å². The molecule has 1 aromatic rings. The first kappa shape index (κ1) is 8.01. The Morgan fingerprint density at radius 1 is 1.73 bits per heavy atom. The van der Waals surface area contributed by atoms with E-state index in [0.29, 0.717) is 6.42 Å². The van der Waals surface area contributed by atoms with Crippen LogP contribution in [0.1, 0.15) is 18.0 Å². The normalized spacial score (nSPS) is 12.8. The quantitative estimate of drug-likeness (QED) is 0.625. The number of aromatic amines is 1. The molecule has 1 aromatic heterocycles. The minimum Gasteiger partial charge on any atom is -0.396 e. The lowest BCUT2D eigenvalue weighted by atomic mass is 10.0. The number of hydrogen-bond acceptors (Lipinski definition) is 2. The van der Waals surface area contributed by atoms with Crippen molar-refractivity contribution in [3.05, 3.63) is 24.0 Å². The molecule has 1 rings (SSSR count). The van der Waals surface area contributed by atoms with E-state index in [1.165, 1.54) is 0 Å². The highest BCUT2D eigenvalue weighted by molar-refractivity contribution is 5.60. The molecule has 0 aliphatic heterocycles. The summed E-state index contributed by atoms with van der Waals surface area (Å²) >= 11 is 0.